The highest BCUT2D eigenvalue weighted by Gasteiger charge is 2.39. The predicted octanol–water partition coefficient (Wildman–Crippen LogP) is 9.08. The number of phenolic OH excluding ortho intramolecular Hbond substituents is 2. The minimum atomic E-state index is -0.810. The molecule has 0 aliphatic heterocycles. The number of phenols is 2. The van der Waals surface area contributed by atoms with Gasteiger partial charge >= 0.3 is 5.97 Å². The first-order valence-electron chi connectivity index (χ1n) is 16.0. The summed E-state index contributed by atoms with van der Waals surface area (Å²) in [5, 5.41) is 32.1. The van der Waals surface area contributed by atoms with Gasteiger partial charge in [-0.3, -0.25) is 4.79 Å². The van der Waals surface area contributed by atoms with Gasteiger partial charge in [-0.15, -0.1) is 0 Å². The molecule has 2 aromatic carbocycles. The third kappa shape index (κ3) is 9.00. The molecule has 2 aromatic rings. The molecule has 242 valence electrons. The summed E-state index contributed by atoms with van der Waals surface area (Å²) in [5.74, 6) is 0.316. The highest BCUT2D eigenvalue weighted by Crippen LogP contribution is 2.48. The van der Waals surface area contributed by atoms with Crippen molar-refractivity contribution in [3.63, 3.8) is 0 Å². The number of benzene rings is 2. The first-order chi connectivity index (χ1) is 19.4. The number of unbranched alkanes of at least 4 members (excludes halogenated alkanes) is 3. The number of ether oxygens (including phenoxy) is 1. The van der Waals surface area contributed by atoms with Gasteiger partial charge in [0.05, 0.1) is 13.0 Å². The summed E-state index contributed by atoms with van der Waals surface area (Å²) in [6, 6.07) is 8.25. The molecule has 5 heteroatoms. The lowest BCUT2D eigenvalue weighted by molar-refractivity contribution is -0.144. The summed E-state index contributed by atoms with van der Waals surface area (Å²) >= 11 is 0. The summed E-state index contributed by atoms with van der Waals surface area (Å²) in [4.78, 5) is 13.6. The van der Waals surface area contributed by atoms with E-state index in [2.05, 4.69) is 114 Å². The third-order valence-corrected chi connectivity index (χ3v) is 8.54. The lowest BCUT2D eigenvalue weighted by atomic mass is 9.67. The van der Waals surface area contributed by atoms with Gasteiger partial charge in [-0.1, -0.05) is 121 Å². The zero-order valence-corrected chi connectivity index (χ0v) is 29.4. The Morgan fingerprint density at radius 2 is 0.907 bits per heavy atom. The lowest BCUT2D eigenvalue weighted by Crippen LogP contribution is -2.31. The monoisotopic (exact) mass is 596 g/mol. The summed E-state index contributed by atoms with van der Waals surface area (Å²) in [5.41, 5.74) is 3.07. The van der Waals surface area contributed by atoms with Crippen molar-refractivity contribution >= 4 is 5.97 Å². The van der Waals surface area contributed by atoms with Crippen LogP contribution in [0.15, 0.2) is 24.3 Å². The molecule has 43 heavy (non-hydrogen) atoms. The van der Waals surface area contributed by atoms with E-state index in [1.54, 1.807) is 0 Å². The number of carbonyl (C=O) groups is 1. The molecule has 3 N–H and O–H groups in total. The van der Waals surface area contributed by atoms with Gasteiger partial charge < -0.3 is 20.1 Å². The fraction of sp³-hybridized carbons (Fsp3) is 0.658. The van der Waals surface area contributed by atoms with E-state index in [-0.39, 0.29) is 40.7 Å². The van der Waals surface area contributed by atoms with Crippen LogP contribution in [0.25, 0.3) is 0 Å². The maximum Gasteiger partial charge on any atom is 0.307 e. The molecule has 0 atom stereocenters. The SMILES string of the molecule is CC(C)(C)c1cc(C(C)(CC(=O)OCCCCCCO)c2cc(C(C)(C)C)c(O)c(C(C)(C)C)c2)cc(C(C)(C)C)c1O. The van der Waals surface area contributed by atoms with Crippen LogP contribution in [0.2, 0.25) is 0 Å². The van der Waals surface area contributed by atoms with E-state index >= 15 is 0 Å². The first kappa shape index (κ1) is 36.7. The summed E-state index contributed by atoms with van der Waals surface area (Å²) in [7, 11) is 0. The lowest BCUT2D eigenvalue weighted by Gasteiger charge is -2.37. The average molecular weight is 597 g/mol. The standard InChI is InChI=1S/C38H60O5/c1-34(2,3)27-20-25(21-28(32(27)41)35(4,5)6)38(13,24-31(40)43-19-17-15-14-16-18-39)26-22-29(36(7,8)9)33(42)30(23-26)37(10,11)12/h20-23,39,41-42H,14-19,24H2,1-13H3. The van der Waals surface area contributed by atoms with Crippen LogP contribution in [0.4, 0.5) is 0 Å². The number of aliphatic hydroxyl groups excluding tert-OH is 1. The Balaban J connectivity index is 2.89. The van der Waals surface area contributed by atoms with Crippen LogP contribution in [0.3, 0.4) is 0 Å². The van der Waals surface area contributed by atoms with E-state index < -0.39 is 5.41 Å². The Hall–Kier alpha value is -2.53. The minimum Gasteiger partial charge on any atom is -0.507 e. The molecule has 0 spiro atoms. The fourth-order valence-corrected chi connectivity index (χ4v) is 5.66. The van der Waals surface area contributed by atoms with Gasteiger partial charge in [0.1, 0.15) is 11.5 Å². The van der Waals surface area contributed by atoms with E-state index in [1.807, 2.05) is 0 Å². The van der Waals surface area contributed by atoms with Gasteiger partial charge in [-0.25, -0.2) is 0 Å². The number of aliphatic hydroxyl groups is 1. The van der Waals surface area contributed by atoms with Crippen molar-refractivity contribution in [2.45, 2.75) is 149 Å². The van der Waals surface area contributed by atoms with Gasteiger partial charge in [0.25, 0.3) is 0 Å². The van der Waals surface area contributed by atoms with Crippen LogP contribution in [0.5, 0.6) is 11.5 Å². The molecule has 0 heterocycles. The van der Waals surface area contributed by atoms with Crippen LogP contribution in [0.1, 0.15) is 155 Å². The van der Waals surface area contributed by atoms with Crippen molar-refractivity contribution in [3.8, 4) is 11.5 Å². The van der Waals surface area contributed by atoms with Crippen LogP contribution in [0, 0.1) is 0 Å². The molecule has 0 radical (unpaired) electrons. The molecule has 0 aromatic heterocycles. The molecule has 5 nitrogen and oxygen atoms in total. The molecule has 0 bridgehead atoms. The number of aromatic hydroxyl groups is 2. The van der Waals surface area contributed by atoms with Crippen LogP contribution in [-0.4, -0.2) is 34.5 Å². The van der Waals surface area contributed by atoms with Crippen molar-refractivity contribution in [3.05, 3.63) is 57.6 Å². The number of rotatable bonds is 10. The van der Waals surface area contributed by atoms with Gasteiger partial charge in [-0.2, -0.15) is 0 Å². The summed E-state index contributed by atoms with van der Waals surface area (Å²) in [6.07, 6.45) is 3.43. The first-order valence-corrected chi connectivity index (χ1v) is 16.0. The van der Waals surface area contributed by atoms with Crippen LogP contribution < -0.4 is 0 Å². The Kier molecular flexibility index (Phi) is 11.3. The predicted molar refractivity (Wildman–Crippen MR) is 179 cm³/mol. The second-order valence-electron chi connectivity index (χ2n) is 16.7. The van der Waals surface area contributed by atoms with E-state index in [9.17, 15) is 15.0 Å². The Labute approximate surface area is 262 Å². The Morgan fingerprint density at radius 3 is 1.21 bits per heavy atom. The van der Waals surface area contributed by atoms with Crippen LogP contribution in [-0.2, 0) is 36.6 Å². The molecule has 0 saturated carbocycles. The molecule has 0 saturated heterocycles. The van der Waals surface area contributed by atoms with Crippen molar-refractivity contribution in [1.29, 1.82) is 0 Å². The van der Waals surface area contributed by atoms with E-state index in [0.29, 0.717) is 18.1 Å². The number of hydrogen-bond donors (Lipinski definition) is 3. The van der Waals surface area contributed by atoms with E-state index in [1.165, 1.54) is 0 Å². The molecule has 2 rings (SSSR count). The van der Waals surface area contributed by atoms with E-state index in [4.69, 9.17) is 9.84 Å². The Bertz CT molecular complexity index is 1110. The summed E-state index contributed by atoms with van der Waals surface area (Å²) in [6.45, 7) is 27.7. The highest BCUT2D eigenvalue weighted by atomic mass is 16.5. The quantitative estimate of drug-likeness (QED) is 0.188. The van der Waals surface area contributed by atoms with Gasteiger partial charge in [0.15, 0.2) is 0 Å². The fourth-order valence-electron chi connectivity index (χ4n) is 5.66. The maximum absolute atomic E-state index is 13.6. The van der Waals surface area contributed by atoms with Crippen molar-refractivity contribution in [2.24, 2.45) is 0 Å². The molecule has 0 unspecified atom stereocenters. The number of esters is 1. The zero-order valence-electron chi connectivity index (χ0n) is 29.4. The molecule has 0 aliphatic carbocycles. The van der Waals surface area contributed by atoms with Crippen molar-refractivity contribution < 1.29 is 24.9 Å². The smallest absolute Gasteiger partial charge is 0.307 e. The average Bonchev–Trinajstić information content (AvgIpc) is 2.83. The van der Waals surface area contributed by atoms with Gasteiger partial charge in [-0.05, 0) is 74.3 Å². The second-order valence-corrected chi connectivity index (χ2v) is 16.7. The summed E-state index contributed by atoms with van der Waals surface area (Å²) < 4.78 is 5.80. The third-order valence-electron chi connectivity index (χ3n) is 8.54. The Morgan fingerprint density at radius 1 is 0.581 bits per heavy atom. The maximum atomic E-state index is 13.6. The topological polar surface area (TPSA) is 87.0 Å². The second kappa shape index (κ2) is 13.2. The van der Waals surface area contributed by atoms with Gasteiger partial charge in [0, 0.05) is 12.0 Å². The molecular formula is C38H60O5. The van der Waals surface area contributed by atoms with E-state index in [0.717, 1.165) is 59.1 Å². The highest BCUT2D eigenvalue weighted by molar-refractivity contribution is 5.73. The van der Waals surface area contributed by atoms with Crippen molar-refractivity contribution in [1.82, 2.24) is 0 Å². The molecule has 0 fully saturated rings. The van der Waals surface area contributed by atoms with Crippen LogP contribution >= 0.6 is 0 Å². The van der Waals surface area contributed by atoms with Gasteiger partial charge in [0.2, 0.25) is 0 Å². The largest absolute Gasteiger partial charge is 0.507 e. The number of hydrogen-bond acceptors (Lipinski definition) is 5. The zero-order chi connectivity index (χ0) is 33.2. The minimum absolute atomic E-state index is 0.111. The molecule has 0 amide bonds. The molecule has 0 aliphatic rings. The van der Waals surface area contributed by atoms with Crippen molar-refractivity contribution in [2.75, 3.05) is 13.2 Å². The number of carbonyl (C=O) groups excluding carboxylic acids is 1. The molecular weight excluding hydrogens is 536 g/mol. The normalized spacial score (nSPS) is 13.3.